The monoisotopic (exact) mass is 567 g/mol. The molecule has 1 atom stereocenters. The van der Waals surface area contributed by atoms with Gasteiger partial charge in [0.05, 0.1) is 5.30 Å². The number of hydrogen-bond acceptors (Lipinski definition) is 4. The van der Waals surface area contributed by atoms with Crippen molar-refractivity contribution in [1.82, 2.24) is 0 Å². The van der Waals surface area contributed by atoms with Crippen molar-refractivity contribution in [3.8, 4) is 23.0 Å². The fraction of sp³-hybridized carbons (Fsp3) is 0.167. The van der Waals surface area contributed by atoms with Gasteiger partial charge in [0, 0.05) is 20.1 Å². The molecule has 0 radical (unpaired) electrons. The third-order valence-corrected chi connectivity index (χ3v) is 7.67. The summed E-state index contributed by atoms with van der Waals surface area (Å²) >= 11 is 0. The minimum atomic E-state index is -0.151. The first kappa shape index (κ1) is 31.3. The van der Waals surface area contributed by atoms with E-state index in [2.05, 4.69) is 39.8 Å². The largest absolute Gasteiger partial charge is 0.508 e. The molecule has 5 aromatic carbocycles. The molecular weight excluding hydrogens is 527 g/mol. The topological polar surface area (TPSA) is 80.9 Å². The zero-order valence-corrected chi connectivity index (χ0v) is 25.5. The van der Waals surface area contributed by atoms with Crippen molar-refractivity contribution in [1.29, 1.82) is 0 Å². The molecule has 0 bridgehead atoms. The smallest absolute Gasteiger partial charge is 0.115 e. The molecular formula is C36H40O4P+. The Morgan fingerprint density at radius 2 is 0.585 bits per heavy atom. The molecule has 0 heterocycles. The van der Waals surface area contributed by atoms with E-state index in [-0.39, 0.29) is 33.8 Å². The minimum absolute atomic E-state index is 0.151. The standard InChI is InChI=1S/2C15H16O2.C6H7P/c2*1-15(2,11-3-7-13(16)8-4-11)12-5-9-14(17)10-6-12;7-6-4-2-1-3-5-6/h2*3-10,16-17H,1-2H3;1-5H,7H2/p+1. The SMILES string of the molecule is CC(C)(c1ccc(O)cc1)c1ccc(O)cc1.CC(C)(c1ccc(O)cc1)c1ccc(O)cc1.[PH3+]c1ccccc1. The molecule has 0 aliphatic carbocycles. The lowest BCUT2D eigenvalue weighted by molar-refractivity contribution is 0.473. The first-order valence-electron chi connectivity index (χ1n) is 13.4. The van der Waals surface area contributed by atoms with Gasteiger partial charge in [0.1, 0.15) is 23.0 Å². The van der Waals surface area contributed by atoms with Crippen LogP contribution in [0.4, 0.5) is 0 Å². The number of benzene rings is 5. The number of phenolic OH excluding ortho intramolecular Hbond substituents is 4. The number of rotatable bonds is 4. The van der Waals surface area contributed by atoms with E-state index >= 15 is 0 Å². The van der Waals surface area contributed by atoms with Crippen molar-refractivity contribution in [3.05, 3.63) is 150 Å². The summed E-state index contributed by atoms with van der Waals surface area (Å²) in [6.07, 6.45) is 0. The maximum atomic E-state index is 9.30. The average molecular weight is 568 g/mol. The van der Waals surface area contributed by atoms with Crippen LogP contribution in [0, 0.1) is 0 Å². The normalized spacial score (nSPS) is 11.0. The molecule has 0 amide bonds. The quantitative estimate of drug-likeness (QED) is 0.167. The van der Waals surface area contributed by atoms with E-state index in [0.29, 0.717) is 0 Å². The molecule has 0 saturated heterocycles. The molecule has 0 saturated carbocycles. The predicted octanol–water partition coefficient (Wildman–Crippen LogP) is 7.77. The third kappa shape index (κ3) is 8.86. The van der Waals surface area contributed by atoms with Crippen molar-refractivity contribution < 1.29 is 20.4 Å². The molecule has 5 aromatic rings. The van der Waals surface area contributed by atoms with Crippen LogP contribution in [0.3, 0.4) is 0 Å². The summed E-state index contributed by atoms with van der Waals surface area (Å²) in [5.74, 6) is 1.09. The molecule has 0 fully saturated rings. The molecule has 5 heteroatoms. The van der Waals surface area contributed by atoms with Crippen molar-refractivity contribution >= 4 is 14.5 Å². The van der Waals surface area contributed by atoms with Gasteiger partial charge in [-0.15, -0.1) is 0 Å². The van der Waals surface area contributed by atoms with Crippen LogP contribution >= 0.6 is 9.24 Å². The fourth-order valence-electron chi connectivity index (χ4n) is 4.32. The Morgan fingerprint density at radius 3 is 0.756 bits per heavy atom. The maximum Gasteiger partial charge on any atom is 0.115 e. The van der Waals surface area contributed by atoms with E-state index in [1.807, 2.05) is 76.0 Å². The summed E-state index contributed by atoms with van der Waals surface area (Å²) in [6, 6.07) is 39.2. The fourth-order valence-corrected chi connectivity index (χ4v) is 4.60. The first-order chi connectivity index (χ1) is 19.4. The van der Waals surface area contributed by atoms with Gasteiger partial charge >= 0.3 is 0 Å². The second-order valence-corrected chi connectivity index (χ2v) is 11.7. The number of hydrogen-bond donors (Lipinski definition) is 4. The third-order valence-electron chi connectivity index (χ3n) is 7.20. The van der Waals surface area contributed by atoms with Gasteiger partial charge in [0.2, 0.25) is 0 Å². The van der Waals surface area contributed by atoms with Gasteiger partial charge in [0.15, 0.2) is 0 Å². The molecule has 0 spiro atoms. The maximum absolute atomic E-state index is 9.30. The van der Waals surface area contributed by atoms with E-state index in [4.69, 9.17) is 0 Å². The van der Waals surface area contributed by atoms with Gasteiger partial charge in [-0.2, -0.15) is 0 Å². The highest BCUT2D eigenvalue weighted by Gasteiger charge is 2.23. The summed E-state index contributed by atoms with van der Waals surface area (Å²) in [4.78, 5) is 0. The van der Waals surface area contributed by atoms with Crippen molar-refractivity contribution in [2.75, 3.05) is 0 Å². The van der Waals surface area contributed by atoms with Crippen LogP contribution in [0.1, 0.15) is 49.9 Å². The Morgan fingerprint density at radius 1 is 0.366 bits per heavy atom. The van der Waals surface area contributed by atoms with Gasteiger partial charge in [-0.1, -0.05) is 94.4 Å². The zero-order chi connectivity index (χ0) is 30.0. The summed E-state index contributed by atoms with van der Waals surface area (Å²) in [7, 11) is 1.90. The Kier molecular flexibility index (Phi) is 10.6. The molecule has 0 aromatic heterocycles. The summed E-state index contributed by atoms with van der Waals surface area (Å²) in [5.41, 5.74) is 4.20. The Balaban J connectivity index is 0.000000183. The lowest BCUT2D eigenvalue weighted by atomic mass is 9.78. The van der Waals surface area contributed by atoms with Crippen LogP contribution < -0.4 is 5.30 Å². The van der Waals surface area contributed by atoms with Gasteiger partial charge in [-0.05, 0) is 82.9 Å². The summed E-state index contributed by atoms with van der Waals surface area (Å²) in [5, 5.41) is 38.5. The summed E-state index contributed by atoms with van der Waals surface area (Å²) < 4.78 is 0. The number of aromatic hydroxyl groups is 4. The Bertz CT molecular complexity index is 1280. The van der Waals surface area contributed by atoms with E-state index in [1.54, 1.807) is 48.5 Å². The lowest BCUT2D eigenvalue weighted by Gasteiger charge is -2.26. The molecule has 0 aliphatic heterocycles. The molecule has 41 heavy (non-hydrogen) atoms. The molecule has 0 aliphatic rings. The Hall–Kier alpha value is -4.27. The number of phenols is 4. The highest BCUT2D eigenvalue weighted by Crippen LogP contribution is 2.34. The average Bonchev–Trinajstić information content (AvgIpc) is 2.95. The first-order valence-corrected chi connectivity index (χ1v) is 14.2. The van der Waals surface area contributed by atoms with E-state index in [9.17, 15) is 20.4 Å². The van der Waals surface area contributed by atoms with E-state index in [0.717, 1.165) is 22.3 Å². The molecule has 5 rings (SSSR count). The molecule has 4 N–H and O–H groups in total. The van der Waals surface area contributed by atoms with Crippen LogP contribution in [0.2, 0.25) is 0 Å². The van der Waals surface area contributed by atoms with Gasteiger partial charge in [-0.3, -0.25) is 0 Å². The summed E-state index contributed by atoms with van der Waals surface area (Å²) in [6.45, 7) is 8.47. The van der Waals surface area contributed by atoms with Crippen molar-refractivity contribution in [3.63, 3.8) is 0 Å². The van der Waals surface area contributed by atoms with Crippen LogP contribution in [0.25, 0.3) is 0 Å². The van der Waals surface area contributed by atoms with Crippen molar-refractivity contribution in [2.24, 2.45) is 0 Å². The van der Waals surface area contributed by atoms with E-state index in [1.165, 1.54) is 5.30 Å². The predicted molar refractivity (Wildman–Crippen MR) is 174 cm³/mol. The van der Waals surface area contributed by atoms with Crippen molar-refractivity contribution in [2.45, 2.75) is 38.5 Å². The van der Waals surface area contributed by atoms with Crippen LogP contribution in [-0.2, 0) is 10.8 Å². The van der Waals surface area contributed by atoms with Crippen LogP contribution in [-0.4, -0.2) is 20.4 Å². The van der Waals surface area contributed by atoms with Crippen LogP contribution in [0.15, 0.2) is 127 Å². The van der Waals surface area contributed by atoms with Gasteiger partial charge < -0.3 is 20.4 Å². The van der Waals surface area contributed by atoms with Gasteiger partial charge in [0.25, 0.3) is 0 Å². The highest BCUT2D eigenvalue weighted by molar-refractivity contribution is 7.27. The minimum Gasteiger partial charge on any atom is -0.508 e. The lowest BCUT2D eigenvalue weighted by Crippen LogP contribution is -2.18. The van der Waals surface area contributed by atoms with E-state index < -0.39 is 0 Å². The molecule has 212 valence electrons. The Labute approximate surface area is 245 Å². The zero-order valence-electron chi connectivity index (χ0n) is 24.1. The second kappa shape index (κ2) is 13.9. The molecule has 1 unspecified atom stereocenters. The highest BCUT2D eigenvalue weighted by atomic mass is 31.0. The van der Waals surface area contributed by atoms with Gasteiger partial charge in [-0.25, -0.2) is 0 Å². The van der Waals surface area contributed by atoms with Crippen LogP contribution in [0.5, 0.6) is 23.0 Å². The second-order valence-electron chi connectivity index (χ2n) is 10.9. The molecule has 4 nitrogen and oxygen atoms in total.